The van der Waals surface area contributed by atoms with Gasteiger partial charge >= 0.3 is 0 Å². The SMILES string of the molecule is N#CC(=C(O)C[NH+]1CC[NH+](Cc2ccccc2)CC1)c1nc2ccccc2c(=O)[nH]1. The van der Waals surface area contributed by atoms with Gasteiger partial charge in [-0.1, -0.05) is 42.5 Å². The van der Waals surface area contributed by atoms with Crippen LogP contribution in [0.4, 0.5) is 0 Å². The fourth-order valence-electron chi connectivity index (χ4n) is 3.98. The van der Waals surface area contributed by atoms with Crippen molar-refractivity contribution in [1.82, 2.24) is 9.97 Å². The number of fused-ring (bicyclic) bond motifs is 1. The predicted molar refractivity (Wildman–Crippen MR) is 114 cm³/mol. The molecule has 1 aliphatic rings. The second-order valence-corrected chi connectivity index (χ2v) is 7.70. The lowest BCUT2D eigenvalue weighted by atomic mass is 10.1. The number of hydrogen-bond acceptors (Lipinski definition) is 4. The summed E-state index contributed by atoms with van der Waals surface area (Å²) < 4.78 is 0. The summed E-state index contributed by atoms with van der Waals surface area (Å²) in [6, 6.07) is 19.4. The number of aromatic amines is 1. The van der Waals surface area contributed by atoms with E-state index in [0.29, 0.717) is 17.4 Å². The van der Waals surface area contributed by atoms with E-state index in [1.54, 1.807) is 24.3 Å². The molecule has 1 aromatic heterocycles. The van der Waals surface area contributed by atoms with Crippen molar-refractivity contribution in [1.29, 1.82) is 5.26 Å². The minimum absolute atomic E-state index is 0.0301. The quantitative estimate of drug-likeness (QED) is 0.347. The molecular weight excluding hydrogens is 378 g/mol. The minimum atomic E-state index is -0.318. The standard InChI is InChI=1S/C23H23N5O2/c24-14-19(22-25-20-9-5-4-8-18(20)23(30)26-22)21(29)16-28-12-10-27(11-13-28)15-17-6-2-1-3-7-17/h1-9,29H,10-13,15-16H2,(H,25,26,30)/p+2. The molecule has 1 fully saturated rings. The average Bonchev–Trinajstić information content (AvgIpc) is 2.76. The van der Waals surface area contributed by atoms with Crippen molar-refractivity contribution < 1.29 is 14.9 Å². The first kappa shape index (κ1) is 19.8. The van der Waals surface area contributed by atoms with Gasteiger partial charge in [-0.15, -0.1) is 0 Å². The monoisotopic (exact) mass is 403 g/mol. The van der Waals surface area contributed by atoms with E-state index in [9.17, 15) is 15.2 Å². The fraction of sp³-hybridized carbons (Fsp3) is 0.261. The van der Waals surface area contributed by atoms with Crippen LogP contribution in [0.25, 0.3) is 16.5 Å². The number of aliphatic hydroxyl groups is 1. The molecule has 2 heterocycles. The number of benzene rings is 2. The zero-order valence-corrected chi connectivity index (χ0v) is 16.7. The van der Waals surface area contributed by atoms with Gasteiger partial charge in [0.15, 0.2) is 11.6 Å². The lowest BCUT2D eigenvalue weighted by Crippen LogP contribution is -3.27. The van der Waals surface area contributed by atoms with Crippen molar-refractivity contribution in [3.8, 4) is 6.07 Å². The highest BCUT2D eigenvalue weighted by molar-refractivity contribution is 5.81. The number of nitrogens with zero attached hydrogens (tertiary/aromatic N) is 2. The molecular formula is C23H25N5O2+2. The first-order valence-electron chi connectivity index (χ1n) is 10.2. The van der Waals surface area contributed by atoms with Crippen molar-refractivity contribution in [2.24, 2.45) is 0 Å². The molecule has 0 amide bonds. The minimum Gasteiger partial charge on any atom is -0.506 e. The number of quaternary nitrogens is 2. The maximum Gasteiger partial charge on any atom is 0.259 e. The number of H-pyrrole nitrogens is 1. The number of nitriles is 1. The van der Waals surface area contributed by atoms with E-state index in [1.807, 2.05) is 12.1 Å². The van der Waals surface area contributed by atoms with Crippen LogP contribution in [0.15, 0.2) is 65.2 Å². The van der Waals surface area contributed by atoms with Crippen molar-refractivity contribution in [2.75, 3.05) is 32.7 Å². The molecule has 30 heavy (non-hydrogen) atoms. The molecule has 0 spiro atoms. The number of allylic oxidation sites excluding steroid dienone is 1. The molecule has 2 aromatic carbocycles. The molecule has 0 bridgehead atoms. The Hall–Kier alpha value is -3.47. The van der Waals surface area contributed by atoms with E-state index in [1.165, 1.54) is 15.4 Å². The van der Waals surface area contributed by atoms with Crippen LogP contribution < -0.4 is 15.4 Å². The topological polar surface area (TPSA) is 98.6 Å². The molecule has 0 unspecified atom stereocenters. The van der Waals surface area contributed by atoms with Crippen molar-refractivity contribution >= 4 is 16.5 Å². The number of hydrogen-bond donors (Lipinski definition) is 4. The lowest BCUT2D eigenvalue weighted by Gasteiger charge is -2.29. The van der Waals surface area contributed by atoms with Crippen LogP contribution >= 0.6 is 0 Å². The van der Waals surface area contributed by atoms with E-state index >= 15 is 0 Å². The van der Waals surface area contributed by atoms with Crippen LogP contribution in [-0.2, 0) is 6.54 Å². The van der Waals surface area contributed by atoms with Gasteiger partial charge in [-0.3, -0.25) is 4.79 Å². The van der Waals surface area contributed by atoms with E-state index in [0.717, 1.165) is 32.7 Å². The third kappa shape index (κ3) is 4.40. The Morgan fingerprint density at radius 1 is 1.03 bits per heavy atom. The predicted octanol–water partition coefficient (Wildman–Crippen LogP) is -0.301. The van der Waals surface area contributed by atoms with Gasteiger partial charge in [0.05, 0.1) is 10.9 Å². The summed E-state index contributed by atoms with van der Waals surface area (Å²) in [5, 5.41) is 20.7. The molecule has 4 rings (SSSR count). The number of aromatic nitrogens is 2. The molecule has 0 aliphatic carbocycles. The Labute approximate surface area is 174 Å². The second kappa shape index (κ2) is 8.91. The number of nitrogens with one attached hydrogen (secondary N) is 3. The van der Waals surface area contributed by atoms with Crippen LogP contribution in [-0.4, -0.2) is 47.8 Å². The average molecular weight is 403 g/mol. The number of piperazine rings is 1. The van der Waals surface area contributed by atoms with Gasteiger partial charge in [0.2, 0.25) is 0 Å². The fourth-order valence-corrected chi connectivity index (χ4v) is 3.98. The van der Waals surface area contributed by atoms with Crippen LogP contribution in [0, 0.1) is 11.3 Å². The summed E-state index contributed by atoms with van der Waals surface area (Å²) in [6.07, 6.45) is 0. The normalized spacial score (nSPS) is 19.8. The number of aliphatic hydroxyl groups excluding tert-OH is 1. The van der Waals surface area contributed by atoms with Gasteiger partial charge in [0, 0.05) is 5.56 Å². The molecule has 1 saturated heterocycles. The van der Waals surface area contributed by atoms with Crippen LogP contribution in [0.1, 0.15) is 11.4 Å². The zero-order chi connectivity index (χ0) is 20.9. The Balaban J connectivity index is 1.45. The Bertz CT molecular complexity index is 1160. The second-order valence-electron chi connectivity index (χ2n) is 7.70. The Morgan fingerprint density at radius 2 is 1.70 bits per heavy atom. The third-order valence-corrected chi connectivity index (χ3v) is 5.63. The summed E-state index contributed by atoms with van der Waals surface area (Å²) in [6.45, 7) is 5.17. The van der Waals surface area contributed by atoms with Gasteiger partial charge in [-0.25, -0.2) is 4.98 Å². The molecule has 7 nitrogen and oxygen atoms in total. The van der Waals surface area contributed by atoms with Gasteiger partial charge in [0.1, 0.15) is 50.9 Å². The summed E-state index contributed by atoms with van der Waals surface area (Å²) in [4.78, 5) is 22.1. The summed E-state index contributed by atoms with van der Waals surface area (Å²) in [5.41, 5.74) is 1.55. The van der Waals surface area contributed by atoms with Crippen LogP contribution in [0.5, 0.6) is 0 Å². The molecule has 152 valence electrons. The third-order valence-electron chi connectivity index (χ3n) is 5.63. The van der Waals surface area contributed by atoms with Crippen LogP contribution in [0.3, 0.4) is 0 Å². The highest BCUT2D eigenvalue weighted by Gasteiger charge is 2.25. The zero-order valence-electron chi connectivity index (χ0n) is 16.7. The Morgan fingerprint density at radius 3 is 2.43 bits per heavy atom. The van der Waals surface area contributed by atoms with Gasteiger partial charge < -0.3 is 19.9 Å². The van der Waals surface area contributed by atoms with E-state index < -0.39 is 0 Å². The number of rotatable bonds is 5. The first-order valence-corrected chi connectivity index (χ1v) is 10.2. The molecule has 0 atom stereocenters. The lowest BCUT2D eigenvalue weighted by molar-refractivity contribution is -1.02. The van der Waals surface area contributed by atoms with Crippen molar-refractivity contribution in [3.63, 3.8) is 0 Å². The van der Waals surface area contributed by atoms with Crippen molar-refractivity contribution in [3.05, 3.63) is 82.1 Å². The highest BCUT2D eigenvalue weighted by atomic mass is 16.3. The molecule has 7 heteroatoms. The summed E-state index contributed by atoms with van der Waals surface area (Å²) in [5.74, 6) is 0.0869. The first-order chi connectivity index (χ1) is 14.6. The molecule has 3 aromatic rings. The van der Waals surface area contributed by atoms with E-state index in [-0.39, 0.29) is 22.7 Å². The largest absolute Gasteiger partial charge is 0.506 e. The molecule has 0 radical (unpaired) electrons. The van der Waals surface area contributed by atoms with Crippen molar-refractivity contribution in [2.45, 2.75) is 6.54 Å². The smallest absolute Gasteiger partial charge is 0.259 e. The van der Waals surface area contributed by atoms with E-state index in [4.69, 9.17) is 0 Å². The van der Waals surface area contributed by atoms with Gasteiger partial charge in [-0.2, -0.15) is 5.26 Å². The maximum atomic E-state index is 12.3. The van der Waals surface area contributed by atoms with Gasteiger partial charge in [0.25, 0.3) is 5.56 Å². The van der Waals surface area contributed by atoms with E-state index in [2.05, 4.69) is 34.2 Å². The molecule has 0 saturated carbocycles. The molecule has 1 aliphatic heterocycles. The van der Waals surface area contributed by atoms with Crippen LogP contribution in [0.2, 0.25) is 0 Å². The summed E-state index contributed by atoms with van der Waals surface area (Å²) in [7, 11) is 0. The maximum absolute atomic E-state index is 12.3. The number of para-hydroxylation sites is 1. The highest BCUT2D eigenvalue weighted by Crippen LogP contribution is 2.14. The summed E-state index contributed by atoms with van der Waals surface area (Å²) >= 11 is 0. The molecule has 4 N–H and O–H groups in total. The van der Waals surface area contributed by atoms with Gasteiger partial charge in [-0.05, 0) is 12.1 Å². The Kier molecular flexibility index (Phi) is 5.89.